The van der Waals surface area contributed by atoms with Gasteiger partial charge in [-0.2, -0.15) is 0 Å². The van der Waals surface area contributed by atoms with Gasteiger partial charge in [-0.05, 0) is 36.8 Å². The van der Waals surface area contributed by atoms with Crippen LogP contribution in [0.25, 0.3) is 11.1 Å². The van der Waals surface area contributed by atoms with Gasteiger partial charge in [0.2, 0.25) is 0 Å². The van der Waals surface area contributed by atoms with Gasteiger partial charge in [0.15, 0.2) is 11.4 Å². The lowest BCUT2D eigenvalue weighted by Crippen LogP contribution is -2.08. The summed E-state index contributed by atoms with van der Waals surface area (Å²) in [4.78, 5) is 24.1. The van der Waals surface area contributed by atoms with Crippen LogP contribution in [-0.4, -0.2) is 10.4 Å². The third-order valence-electron chi connectivity index (χ3n) is 3.57. The van der Waals surface area contributed by atoms with Crippen molar-refractivity contribution in [1.82, 2.24) is 4.57 Å². The molecule has 1 aromatic heterocycles. The molecule has 21 heavy (non-hydrogen) atoms. The monoisotopic (exact) mass is 301 g/mol. The highest BCUT2D eigenvalue weighted by molar-refractivity contribution is 6.32. The van der Waals surface area contributed by atoms with Gasteiger partial charge in [0.1, 0.15) is 0 Å². The van der Waals surface area contributed by atoms with Crippen molar-refractivity contribution in [3.05, 3.63) is 68.7 Å². The predicted molar refractivity (Wildman–Crippen MR) is 81.1 cm³/mol. The average Bonchev–Trinajstić information content (AvgIpc) is 2.76. The molecule has 0 amide bonds. The highest BCUT2D eigenvalue weighted by atomic mass is 35.5. The first kappa shape index (κ1) is 13.6. The van der Waals surface area contributed by atoms with E-state index in [1.165, 1.54) is 4.57 Å². The minimum atomic E-state index is -0.450. The fraction of sp³-hybridized carbons (Fsp3) is 0.125. The van der Waals surface area contributed by atoms with Crippen LogP contribution in [0.1, 0.15) is 21.5 Å². The van der Waals surface area contributed by atoms with E-state index in [2.05, 4.69) is 0 Å². The summed E-state index contributed by atoms with van der Waals surface area (Å²) in [6.07, 6.45) is 0. The van der Waals surface area contributed by atoms with Crippen molar-refractivity contribution in [3.8, 4) is 0 Å². The van der Waals surface area contributed by atoms with Crippen molar-refractivity contribution in [2.45, 2.75) is 6.92 Å². The molecule has 0 saturated carbocycles. The van der Waals surface area contributed by atoms with E-state index in [4.69, 9.17) is 16.0 Å². The smallest absolute Gasteiger partial charge is 0.408 e. The Morgan fingerprint density at radius 1 is 1.24 bits per heavy atom. The van der Waals surface area contributed by atoms with Crippen LogP contribution >= 0.6 is 11.6 Å². The van der Waals surface area contributed by atoms with Gasteiger partial charge in [0, 0.05) is 23.2 Å². The molecule has 0 aliphatic carbocycles. The fourth-order valence-electron chi connectivity index (χ4n) is 2.28. The van der Waals surface area contributed by atoms with E-state index in [9.17, 15) is 9.59 Å². The Labute approximate surface area is 125 Å². The van der Waals surface area contributed by atoms with Gasteiger partial charge < -0.3 is 4.42 Å². The maximum absolute atomic E-state index is 12.6. The van der Waals surface area contributed by atoms with E-state index in [-0.39, 0.29) is 5.78 Å². The molecule has 0 N–H and O–H groups in total. The van der Waals surface area contributed by atoms with Gasteiger partial charge in [-0.25, -0.2) is 4.79 Å². The van der Waals surface area contributed by atoms with Crippen LogP contribution in [0.4, 0.5) is 0 Å². The number of fused-ring (bicyclic) bond motifs is 1. The van der Waals surface area contributed by atoms with Crippen LogP contribution in [-0.2, 0) is 7.05 Å². The summed E-state index contributed by atoms with van der Waals surface area (Å²) < 4.78 is 6.51. The Kier molecular flexibility index (Phi) is 3.18. The van der Waals surface area contributed by atoms with Crippen molar-refractivity contribution in [2.75, 3.05) is 0 Å². The first-order chi connectivity index (χ1) is 9.99. The molecule has 4 nitrogen and oxygen atoms in total. The van der Waals surface area contributed by atoms with Crippen LogP contribution in [0.15, 0.2) is 45.6 Å². The zero-order valence-electron chi connectivity index (χ0n) is 11.5. The van der Waals surface area contributed by atoms with Crippen molar-refractivity contribution >= 4 is 28.5 Å². The number of carbonyl (C=O) groups excluding carboxylic acids is 1. The van der Waals surface area contributed by atoms with E-state index in [0.717, 1.165) is 5.56 Å². The second-order valence-corrected chi connectivity index (χ2v) is 5.26. The molecule has 3 aromatic rings. The third-order valence-corrected chi connectivity index (χ3v) is 3.98. The number of nitrogens with zero attached hydrogens (tertiary/aromatic N) is 1. The minimum absolute atomic E-state index is 0.150. The molecule has 0 fully saturated rings. The number of hydrogen-bond acceptors (Lipinski definition) is 3. The second-order valence-electron chi connectivity index (χ2n) is 4.85. The Morgan fingerprint density at radius 3 is 2.76 bits per heavy atom. The molecule has 106 valence electrons. The SMILES string of the molecule is Cc1c(Cl)cccc1C(=O)c1ccc2c(c1)oc(=O)n2C. The number of halogens is 1. The number of aryl methyl sites for hydroxylation is 1. The lowest BCUT2D eigenvalue weighted by Gasteiger charge is -2.06. The van der Waals surface area contributed by atoms with Gasteiger partial charge in [-0.15, -0.1) is 0 Å². The number of carbonyl (C=O) groups is 1. The standard InChI is InChI=1S/C16H12ClNO3/c1-9-11(4-3-5-12(9)17)15(19)10-6-7-13-14(8-10)21-16(20)18(13)2/h3-8H,1-2H3. The molecule has 1 heterocycles. The normalized spacial score (nSPS) is 11.0. The van der Waals surface area contributed by atoms with Crippen molar-refractivity contribution in [1.29, 1.82) is 0 Å². The third kappa shape index (κ3) is 2.17. The van der Waals surface area contributed by atoms with Gasteiger partial charge in [-0.3, -0.25) is 9.36 Å². The van der Waals surface area contributed by atoms with E-state index in [1.54, 1.807) is 50.4 Å². The molecule has 0 aliphatic heterocycles. The number of aromatic nitrogens is 1. The number of ketones is 1. The summed E-state index contributed by atoms with van der Waals surface area (Å²) in [5.74, 6) is -0.600. The van der Waals surface area contributed by atoms with E-state index in [1.807, 2.05) is 0 Å². The van der Waals surface area contributed by atoms with Crippen LogP contribution < -0.4 is 5.76 Å². The van der Waals surface area contributed by atoms with Gasteiger partial charge >= 0.3 is 5.76 Å². The first-order valence-corrected chi connectivity index (χ1v) is 6.76. The highest BCUT2D eigenvalue weighted by Crippen LogP contribution is 2.23. The lowest BCUT2D eigenvalue weighted by atomic mass is 9.99. The zero-order chi connectivity index (χ0) is 15.1. The maximum atomic E-state index is 12.6. The Morgan fingerprint density at radius 2 is 2.00 bits per heavy atom. The minimum Gasteiger partial charge on any atom is -0.408 e. The number of benzene rings is 2. The van der Waals surface area contributed by atoms with Crippen molar-refractivity contribution in [3.63, 3.8) is 0 Å². The van der Waals surface area contributed by atoms with Crippen molar-refractivity contribution < 1.29 is 9.21 Å². The molecule has 2 aromatic carbocycles. The van der Waals surface area contributed by atoms with E-state index in [0.29, 0.717) is 27.2 Å². The van der Waals surface area contributed by atoms with E-state index >= 15 is 0 Å². The predicted octanol–water partition coefficient (Wildman–Crippen LogP) is 3.32. The molecule has 0 radical (unpaired) electrons. The van der Waals surface area contributed by atoms with Crippen LogP contribution in [0, 0.1) is 6.92 Å². The molecule has 0 unspecified atom stereocenters. The van der Waals surface area contributed by atoms with Crippen molar-refractivity contribution in [2.24, 2.45) is 7.05 Å². The zero-order valence-corrected chi connectivity index (χ0v) is 12.3. The molecule has 3 rings (SSSR count). The Balaban J connectivity index is 2.14. The molecule has 0 bridgehead atoms. The summed E-state index contributed by atoms with van der Waals surface area (Å²) in [6.45, 7) is 1.80. The Bertz CT molecular complexity index is 921. The van der Waals surface area contributed by atoms with Gasteiger partial charge in [0.25, 0.3) is 0 Å². The van der Waals surface area contributed by atoms with Crippen LogP contribution in [0.2, 0.25) is 5.02 Å². The Hall–Kier alpha value is -2.33. The number of oxazole rings is 1. The summed E-state index contributed by atoms with van der Waals surface area (Å²) in [6, 6.07) is 10.2. The molecule has 0 atom stereocenters. The van der Waals surface area contributed by atoms with Gasteiger partial charge in [-0.1, -0.05) is 23.7 Å². The molecule has 0 saturated heterocycles. The molecular formula is C16H12ClNO3. The summed E-state index contributed by atoms with van der Waals surface area (Å²) in [5.41, 5.74) is 2.79. The highest BCUT2D eigenvalue weighted by Gasteiger charge is 2.15. The summed E-state index contributed by atoms with van der Waals surface area (Å²) in [5, 5.41) is 0.549. The average molecular weight is 302 g/mol. The topological polar surface area (TPSA) is 52.2 Å². The maximum Gasteiger partial charge on any atom is 0.419 e. The van der Waals surface area contributed by atoms with Gasteiger partial charge in [0.05, 0.1) is 5.52 Å². The molecular weight excluding hydrogens is 290 g/mol. The lowest BCUT2D eigenvalue weighted by molar-refractivity contribution is 0.103. The number of hydrogen-bond donors (Lipinski definition) is 0. The molecule has 5 heteroatoms. The summed E-state index contributed by atoms with van der Waals surface area (Å²) in [7, 11) is 1.62. The van der Waals surface area contributed by atoms with Crippen LogP contribution in [0.5, 0.6) is 0 Å². The largest absolute Gasteiger partial charge is 0.419 e. The van der Waals surface area contributed by atoms with E-state index < -0.39 is 5.76 Å². The second kappa shape index (κ2) is 4.90. The first-order valence-electron chi connectivity index (χ1n) is 6.38. The molecule has 0 spiro atoms. The molecule has 0 aliphatic rings. The quantitative estimate of drug-likeness (QED) is 0.682. The van der Waals surface area contributed by atoms with Crippen LogP contribution in [0.3, 0.4) is 0 Å². The number of rotatable bonds is 2. The fourth-order valence-corrected chi connectivity index (χ4v) is 2.46. The summed E-state index contributed by atoms with van der Waals surface area (Å²) >= 11 is 6.05.